The van der Waals surface area contributed by atoms with Crippen molar-refractivity contribution in [1.82, 2.24) is 0 Å². The van der Waals surface area contributed by atoms with Gasteiger partial charge in [-0.2, -0.15) is 10.5 Å². The zero-order valence-electron chi connectivity index (χ0n) is 19.9. The van der Waals surface area contributed by atoms with Crippen LogP contribution in [0, 0.1) is 32.8 Å². The lowest BCUT2D eigenvalue weighted by atomic mass is 9.96. The molecular formula is C27H22N4O5S. The van der Waals surface area contributed by atoms with Crippen molar-refractivity contribution in [3.63, 3.8) is 0 Å². The SMILES string of the molecule is COc1cc(/C=C(\C#N)C(=O)Nc2sc3c(c2C#N)CCCC3)ccc1OCc1ccc([N+](=O)[O-])cc1. The maximum atomic E-state index is 12.9. The molecule has 0 saturated heterocycles. The molecule has 0 spiro atoms. The van der Waals surface area contributed by atoms with Crippen LogP contribution in [0.15, 0.2) is 48.0 Å². The summed E-state index contributed by atoms with van der Waals surface area (Å²) >= 11 is 1.40. The Morgan fingerprint density at radius 1 is 1.16 bits per heavy atom. The number of benzene rings is 2. The molecule has 1 amide bonds. The van der Waals surface area contributed by atoms with Gasteiger partial charge in [-0.3, -0.25) is 14.9 Å². The Morgan fingerprint density at radius 2 is 1.92 bits per heavy atom. The van der Waals surface area contributed by atoms with Crippen molar-refractivity contribution in [3.8, 4) is 23.6 Å². The van der Waals surface area contributed by atoms with E-state index in [0.29, 0.717) is 27.6 Å². The van der Waals surface area contributed by atoms with Crippen molar-refractivity contribution in [2.75, 3.05) is 12.4 Å². The molecule has 0 fully saturated rings. The molecule has 9 nitrogen and oxygen atoms in total. The van der Waals surface area contributed by atoms with Gasteiger partial charge in [-0.1, -0.05) is 6.07 Å². The number of hydrogen-bond donors (Lipinski definition) is 1. The average molecular weight is 515 g/mol. The second kappa shape index (κ2) is 11.4. The molecule has 186 valence electrons. The zero-order chi connectivity index (χ0) is 26.4. The summed E-state index contributed by atoms with van der Waals surface area (Å²) in [5.74, 6) is 0.241. The third-order valence-electron chi connectivity index (χ3n) is 5.92. The van der Waals surface area contributed by atoms with Crippen molar-refractivity contribution in [3.05, 3.63) is 85.3 Å². The van der Waals surface area contributed by atoms with Crippen LogP contribution >= 0.6 is 11.3 Å². The summed E-state index contributed by atoms with van der Waals surface area (Å²) in [6.07, 6.45) is 5.24. The summed E-state index contributed by atoms with van der Waals surface area (Å²) in [6, 6.07) is 15.1. The Hall–Kier alpha value is -4.67. The molecule has 0 unspecified atom stereocenters. The fourth-order valence-corrected chi connectivity index (χ4v) is 5.26. The number of carbonyl (C=O) groups excluding carboxylic acids is 1. The number of hydrogen-bond acceptors (Lipinski definition) is 8. The number of nitro groups is 1. The van der Waals surface area contributed by atoms with E-state index in [9.17, 15) is 25.4 Å². The number of ether oxygens (including phenoxy) is 2. The summed E-state index contributed by atoms with van der Waals surface area (Å²) in [4.78, 5) is 24.3. The van der Waals surface area contributed by atoms with E-state index in [-0.39, 0.29) is 17.9 Å². The van der Waals surface area contributed by atoms with Crippen molar-refractivity contribution in [1.29, 1.82) is 10.5 Å². The molecule has 3 aromatic rings. The first-order valence-electron chi connectivity index (χ1n) is 11.5. The molecule has 1 aromatic heterocycles. The van der Waals surface area contributed by atoms with E-state index in [2.05, 4.69) is 11.4 Å². The third-order valence-corrected chi connectivity index (χ3v) is 7.12. The minimum absolute atomic E-state index is 0.00247. The van der Waals surface area contributed by atoms with Crippen LogP contribution in [-0.4, -0.2) is 17.9 Å². The van der Waals surface area contributed by atoms with Crippen molar-refractivity contribution in [2.45, 2.75) is 32.3 Å². The van der Waals surface area contributed by atoms with Gasteiger partial charge in [-0.05, 0) is 72.7 Å². The molecule has 37 heavy (non-hydrogen) atoms. The molecule has 0 aliphatic heterocycles. The largest absolute Gasteiger partial charge is 0.493 e. The maximum absolute atomic E-state index is 12.9. The van der Waals surface area contributed by atoms with Crippen LogP contribution in [0.5, 0.6) is 11.5 Å². The first-order chi connectivity index (χ1) is 17.9. The number of fused-ring (bicyclic) bond motifs is 1. The molecule has 0 bridgehead atoms. The molecule has 1 aliphatic rings. The van der Waals surface area contributed by atoms with Gasteiger partial charge in [0.15, 0.2) is 11.5 Å². The first kappa shape index (κ1) is 25.4. The summed E-state index contributed by atoms with van der Waals surface area (Å²) in [7, 11) is 1.47. The molecule has 0 radical (unpaired) electrons. The summed E-state index contributed by atoms with van der Waals surface area (Å²) in [5.41, 5.74) is 2.67. The van der Waals surface area contributed by atoms with E-state index < -0.39 is 10.8 Å². The van der Waals surface area contributed by atoms with E-state index in [0.717, 1.165) is 41.7 Å². The highest BCUT2D eigenvalue weighted by Crippen LogP contribution is 2.38. The minimum Gasteiger partial charge on any atom is -0.493 e. The van der Waals surface area contributed by atoms with Crippen molar-refractivity contribution >= 4 is 34.0 Å². The van der Waals surface area contributed by atoms with Crippen LogP contribution in [-0.2, 0) is 24.2 Å². The van der Waals surface area contributed by atoms with Gasteiger partial charge >= 0.3 is 0 Å². The summed E-state index contributed by atoms with van der Waals surface area (Å²) < 4.78 is 11.2. The normalized spacial score (nSPS) is 12.6. The molecule has 4 rings (SSSR count). The van der Waals surface area contributed by atoms with E-state index >= 15 is 0 Å². The van der Waals surface area contributed by atoms with Gasteiger partial charge in [0, 0.05) is 17.0 Å². The number of nitro benzene ring substituents is 1. The number of anilines is 1. The van der Waals surface area contributed by atoms with Crippen LogP contribution in [0.3, 0.4) is 0 Å². The lowest BCUT2D eigenvalue weighted by molar-refractivity contribution is -0.384. The minimum atomic E-state index is -0.588. The molecular weight excluding hydrogens is 492 g/mol. The molecule has 0 atom stereocenters. The first-order valence-corrected chi connectivity index (χ1v) is 12.3. The number of methoxy groups -OCH3 is 1. The standard InChI is InChI=1S/C27H22N4O5S/c1-35-24-13-18(8-11-23(24)36-16-17-6-9-20(10-7-17)31(33)34)12-19(14-28)26(32)30-27-22(15-29)21-4-2-3-5-25(21)37-27/h6-13H,2-5,16H2,1H3,(H,30,32)/b19-12+. The number of nitrogens with one attached hydrogen (secondary N) is 1. The number of non-ortho nitro benzene ring substituents is 1. The topological polar surface area (TPSA) is 138 Å². The lowest BCUT2D eigenvalue weighted by Crippen LogP contribution is -2.13. The van der Waals surface area contributed by atoms with E-state index in [1.54, 1.807) is 30.3 Å². The number of nitriles is 2. The van der Waals surface area contributed by atoms with E-state index in [1.807, 2.05) is 6.07 Å². The van der Waals surface area contributed by atoms with E-state index in [4.69, 9.17) is 9.47 Å². The quantitative estimate of drug-likeness (QED) is 0.180. The number of aryl methyl sites for hydroxylation is 1. The predicted molar refractivity (Wildman–Crippen MR) is 138 cm³/mol. The fraction of sp³-hybridized carbons (Fsp3) is 0.222. The second-order valence-electron chi connectivity index (χ2n) is 8.27. The molecule has 2 aromatic carbocycles. The third kappa shape index (κ3) is 5.77. The summed E-state index contributed by atoms with van der Waals surface area (Å²) in [6.45, 7) is 0.168. The lowest BCUT2D eigenvalue weighted by Gasteiger charge is -2.11. The van der Waals surface area contributed by atoms with Crippen LogP contribution < -0.4 is 14.8 Å². The Morgan fingerprint density at radius 3 is 2.59 bits per heavy atom. The second-order valence-corrected chi connectivity index (χ2v) is 9.38. The van der Waals surface area contributed by atoms with Gasteiger partial charge in [-0.15, -0.1) is 11.3 Å². The number of carbonyl (C=O) groups is 1. The van der Waals surface area contributed by atoms with Crippen LogP contribution in [0.1, 0.15) is 40.0 Å². The van der Waals surface area contributed by atoms with Gasteiger partial charge < -0.3 is 14.8 Å². The van der Waals surface area contributed by atoms with Crippen molar-refractivity contribution in [2.24, 2.45) is 0 Å². The highest BCUT2D eigenvalue weighted by Gasteiger charge is 2.22. The Bertz CT molecular complexity index is 1460. The van der Waals surface area contributed by atoms with Crippen molar-refractivity contribution < 1.29 is 19.2 Å². The molecule has 1 N–H and O–H groups in total. The average Bonchev–Trinajstić information content (AvgIpc) is 3.27. The molecule has 1 heterocycles. The Kier molecular flexibility index (Phi) is 7.82. The maximum Gasteiger partial charge on any atom is 0.269 e. The van der Waals surface area contributed by atoms with Gasteiger partial charge in [0.25, 0.3) is 11.6 Å². The monoisotopic (exact) mass is 514 g/mol. The van der Waals surface area contributed by atoms with Gasteiger partial charge in [0.2, 0.25) is 0 Å². The van der Waals surface area contributed by atoms with Gasteiger partial charge in [0.1, 0.15) is 29.3 Å². The molecule has 10 heteroatoms. The zero-order valence-corrected chi connectivity index (χ0v) is 20.8. The molecule has 0 saturated carbocycles. The fourth-order valence-electron chi connectivity index (χ4n) is 4.03. The number of amides is 1. The highest BCUT2D eigenvalue weighted by atomic mass is 32.1. The van der Waals surface area contributed by atoms with Crippen LogP contribution in [0.25, 0.3) is 6.08 Å². The number of rotatable bonds is 8. The molecule has 1 aliphatic carbocycles. The smallest absolute Gasteiger partial charge is 0.269 e. The Balaban J connectivity index is 1.49. The van der Waals surface area contributed by atoms with E-state index in [1.165, 1.54) is 36.7 Å². The predicted octanol–water partition coefficient (Wildman–Crippen LogP) is 5.54. The van der Waals surface area contributed by atoms with Crippen LogP contribution in [0.2, 0.25) is 0 Å². The highest BCUT2D eigenvalue weighted by molar-refractivity contribution is 7.16. The summed E-state index contributed by atoms with van der Waals surface area (Å²) in [5, 5.41) is 33.3. The number of nitrogens with zero attached hydrogens (tertiary/aromatic N) is 3. The van der Waals surface area contributed by atoms with Gasteiger partial charge in [0.05, 0.1) is 17.6 Å². The number of thiophene rings is 1. The van der Waals surface area contributed by atoms with Gasteiger partial charge in [-0.25, -0.2) is 0 Å². The van der Waals surface area contributed by atoms with Crippen LogP contribution in [0.4, 0.5) is 10.7 Å². The Labute approximate surface area is 217 Å².